The van der Waals surface area contributed by atoms with Gasteiger partial charge in [0.15, 0.2) is 0 Å². The van der Waals surface area contributed by atoms with Gasteiger partial charge in [0.2, 0.25) is 0 Å². The fourth-order valence-corrected chi connectivity index (χ4v) is 3.54. The molecule has 1 atom stereocenters. The van der Waals surface area contributed by atoms with Crippen LogP contribution in [0.2, 0.25) is 5.02 Å². The minimum atomic E-state index is 0.112. The van der Waals surface area contributed by atoms with E-state index < -0.39 is 0 Å². The van der Waals surface area contributed by atoms with E-state index in [-0.39, 0.29) is 6.04 Å². The molecule has 3 nitrogen and oxygen atoms in total. The number of methoxy groups -OCH3 is 1. The average Bonchev–Trinajstić information content (AvgIpc) is 2.49. The number of halogens is 1. The van der Waals surface area contributed by atoms with E-state index in [2.05, 4.69) is 12.3 Å². The van der Waals surface area contributed by atoms with Crippen LogP contribution < -0.4 is 16.0 Å². The van der Waals surface area contributed by atoms with E-state index in [1.807, 2.05) is 18.2 Å². The standard InChI is InChI=1S/C16H25ClN2O/c1-3-11-4-6-12(7-5-11)16(19-18)14-10-13(17)8-9-15(14)20-2/h8-12,16,19H,3-7,18H2,1-2H3. The number of benzene rings is 1. The fourth-order valence-electron chi connectivity index (χ4n) is 3.36. The summed E-state index contributed by atoms with van der Waals surface area (Å²) < 4.78 is 5.46. The Morgan fingerprint density at radius 3 is 2.60 bits per heavy atom. The van der Waals surface area contributed by atoms with Crippen LogP contribution in [-0.2, 0) is 0 Å². The van der Waals surface area contributed by atoms with Crippen molar-refractivity contribution in [3.63, 3.8) is 0 Å². The molecule has 1 aliphatic carbocycles. The molecule has 0 amide bonds. The van der Waals surface area contributed by atoms with E-state index in [0.717, 1.165) is 22.3 Å². The van der Waals surface area contributed by atoms with Crippen LogP contribution in [0.4, 0.5) is 0 Å². The first-order valence-electron chi connectivity index (χ1n) is 7.49. The van der Waals surface area contributed by atoms with Crippen LogP contribution in [0.25, 0.3) is 0 Å². The zero-order valence-electron chi connectivity index (χ0n) is 12.4. The summed E-state index contributed by atoms with van der Waals surface area (Å²) in [6.45, 7) is 2.28. The number of hydrogen-bond acceptors (Lipinski definition) is 3. The largest absolute Gasteiger partial charge is 0.496 e. The third kappa shape index (κ3) is 3.46. The van der Waals surface area contributed by atoms with Crippen molar-refractivity contribution in [2.75, 3.05) is 7.11 Å². The summed E-state index contributed by atoms with van der Waals surface area (Å²) in [5, 5.41) is 0.725. The van der Waals surface area contributed by atoms with Crippen molar-refractivity contribution in [2.24, 2.45) is 17.7 Å². The van der Waals surface area contributed by atoms with E-state index in [1.54, 1.807) is 7.11 Å². The Morgan fingerprint density at radius 1 is 1.35 bits per heavy atom. The monoisotopic (exact) mass is 296 g/mol. The Kier molecular flexibility index (Phi) is 5.70. The van der Waals surface area contributed by atoms with Crippen LogP contribution in [0.1, 0.15) is 50.6 Å². The number of nitrogens with two attached hydrogens (primary N) is 1. The third-order valence-corrected chi connectivity index (χ3v) is 4.88. The van der Waals surface area contributed by atoms with Gasteiger partial charge in [-0.3, -0.25) is 11.3 Å². The molecular weight excluding hydrogens is 272 g/mol. The van der Waals surface area contributed by atoms with Gasteiger partial charge in [0.25, 0.3) is 0 Å². The highest BCUT2D eigenvalue weighted by atomic mass is 35.5. The first-order valence-corrected chi connectivity index (χ1v) is 7.87. The lowest BCUT2D eigenvalue weighted by Gasteiger charge is -2.34. The van der Waals surface area contributed by atoms with Gasteiger partial charge in [-0.25, -0.2) is 0 Å². The Labute approximate surface area is 126 Å². The highest BCUT2D eigenvalue weighted by Gasteiger charge is 2.29. The first kappa shape index (κ1) is 15.6. The van der Waals surface area contributed by atoms with E-state index in [9.17, 15) is 0 Å². The summed E-state index contributed by atoms with van der Waals surface area (Å²) in [5.74, 6) is 8.12. The van der Waals surface area contributed by atoms with Gasteiger partial charge in [-0.1, -0.05) is 37.8 Å². The van der Waals surface area contributed by atoms with Crippen LogP contribution in [0.3, 0.4) is 0 Å². The predicted octanol–water partition coefficient (Wildman–Crippen LogP) is 4.07. The molecule has 1 saturated carbocycles. The third-order valence-electron chi connectivity index (χ3n) is 4.65. The molecule has 0 aromatic heterocycles. The van der Waals surface area contributed by atoms with Crippen molar-refractivity contribution in [2.45, 2.75) is 45.1 Å². The molecule has 0 radical (unpaired) electrons. The Bertz CT molecular complexity index is 430. The quantitative estimate of drug-likeness (QED) is 0.636. The topological polar surface area (TPSA) is 47.3 Å². The Hall–Kier alpha value is -0.770. The maximum absolute atomic E-state index is 6.14. The molecule has 112 valence electrons. The molecule has 1 aromatic rings. The number of rotatable bonds is 5. The molecule has 0 saturated heterocycles. The second kappa shape index (κ2) is 7.30. The van der Waals surface area contributed by atoms with Gasteiger partial charge in [-0.05, 0) is 42.9 Å². The summed E-state index contributed by atoms with van der Waals surface area (Å²) in [6.07, 6.45) is 6.30. The van der Waals surface area contributed by atoms with Gasteiger partial charge in [0.05, 0.1) is 13.2 Å². The van der Waals surface area contributed by atoms with E-state index in [1.165, 1.54) is 32.1 Å². The molecule has 0 heterocycles. The molecule has 0 bridgehead atoms. The molecule has 1 unspecified atom stereocenters. The fraction of sp³-hybridized carbons (Fsp3) is 0.625. The van der Waals surface area contributed by atoms with Crippen molar-refractivity contribution in [1.82, 2.24) is 5.43 Å². The Morgan fingerprint density at radius 2 is 2.05 bits per heavy atom. The summed E-state index contributed by atoms with van der Waals surface area (Å²) in [6, 6.07) is 5.85. The van der Waals surface area contributed by atoms with Crippen LogP contribution >= 0.6 is 11.6 Å². The van der Waals surface area contributed by atoms with Gasteiger partial charge < -0.3 is 4.74 Å². The predicted molar refractivity (Wildman–Crippen MR) is 83.8 cm³/mol. The van der Waals surface area contributed by atoms with E-state index >= 15 is 0 Å². The zero-order valence-corrected chi connectivity index (χ0v) is 13.1. The lowest BCUT2D eigenvalue weighted by molar-refractivity contribution is 0.216. The van der Waals surface area contributed by atoms with E-state index in [4.69, 9.17) is 22.2 Å². The summed E-state index contributed by atoms with van der Waals surface area (Å²) in [4.78, 5) is 0. The highest BCUT2D eigenvalue weighted by molar-refractivity contribution is 6.30. The van der Waals surface area contributed by atoms with Crippen LogP contribution in [0.15, 0.2) is 18.2 Å². The minimum absolute atomic E-state index is 0.112. The smallest absolute Gasteiger partial charge is 0.123 e. The molecule has 4 heteroatoms. The highest BCUT2D eigenvalue weighted by Crippen LogP contribution is 2.40. The van der Waals surface area contributed by atoms with Gasteiger partial charge in [-0.15, -0.1) is 0 Å². The van der Waals surface area contributed by atoms with E-state index in [0.29, 0.717) is 5.92 Å². The molecule has 1 aromatic carbocycles. The molecule has 1 fully saturated rings. The minimum Gasteiger partial charge on any atom is -0.496 e. The maximum Gasteiger partial charge on any atom is 0.123 e. The number of nitrogens with one attached hydrogen (secondary N) is 1. The van der Waals surface area contributed by atoms with Crippen molar-refractivity contribution in [3.05, 3.63) is 28.8 Å². The van der Waals surface area contributed by atoms with Crippen molar-refractivity contribution < 1.29 is 4.74 Å². The molecule has 1 aliphatic rings. The Balaban J connectivity index is 2.18. The molecule has 3 N–H and O–H groups in total. The van der Waals surface area contributed by atoms with Crippen molar-refractivity contribution >= 4 is 11.6 Å². The molecule has 20 heavy (non-hydrogen) atoms. The van der Waals surface area contributed by atoms with Gasteiger partial charge in [0.1, 0.15) is 5.75 Å². The van der Waals surface area contributed by atoms with Crippen LogP contribution in [0.5, 0.6) is 5.75 Å². The lowest BCUT2D eigenvalue weighted by atomic mass is 9.76. The molecular formula is C16H25ClN2O. The lowest BCUT2D eigenvalue weighted by Crippen LogP contribution is -2.35. The summed E-state index contributed by atoms with van der Waals surface area (Å²) in [7, 11) is 1.69. The van der Waals surface area contributed by atoms with Crippen molar-refractivity contribution in [3.8, 4) is 5.75 Å². The number of ether oxygens (including phenoxy) is 1. The first-order chi connectivity index (χ1) is 9.69. The molecule has 0 spiro atoms. The van der Waals surface area contributed by atoms with Crippen LogP contribution in [0, 0.1) is 11.8 Å². The normalized spacial score (nSPS) is 24.4. The average molecular weight is 297 g/mol. The maximum atomic E-state index is 6.14. The van der Waals surface area contributed by atoms with Gasteiger partial charge in [0, 0.05) is 10.6 Å². The second-order valence-corrected chi connectivity index (χ2v) is 6.16. The zero-order chi connectivity index (χ0) is 14.5. The summed E-state index contributed by atoms with van der Waals surface area (Å²) in [5.41, 5.74) is 4.06. The summed E-state index contributed by atoms with van der Waals surface area (Å²) >= 11 is 6.14. The van der Waals surface area contributed by atoms with Crippen LogP contribution in [-0.4, -0.2) is 7.11 Å². The SMILES string of the molecule is CCC1CCC(C(NN)c2cc(Cl)ccc2OC)CC1. The second-order valence-electron chi connectivity index (χ2n) is 5.72. The van der Waals surface area contributed by atoms with Gasteiger partial charge >= 0.3 is 0 Å². The molecule has 0 aliphatic heterocycles. The number of hydrazine groups is 1. The number of hydrogen-bond donors (Lipinski definition) is 2. The van der Waals surface area contributed by atoms with Gasteiger partial charge in [-0.2, -0.15) is 0 Å². The van der Waals surface area contributed by atoms with Crippen molar-refractivity contribution in [1.29, 1.82) is 0 Å². The molecule has 2 rings (SSSR count).